The number of benzene rings is 1. The summed E-state index contributed by atoms with van der Waals surface area (Å²) in [5, 5.41) is 0. The fourth-order valence-corrected chi connectivity index (χ4v) is 2.10. The number of likely N-dealkylation sites (N-methyl/N-ethyl adjacent to an activating group) is 1. The second kappa shape index (κ2) is 5.97. The van der Waals surface area contributed by atoms with Crippen LogP contribution in [0, 0.1) is 0 Å². The Kier molecular flexibility index (Phi) is 4.86. The molecule has 1 aromatic rings. The van der Waals surface area contributed by atoms with Crippen LogP contribution in [-0.2, 0) is 21.4 Å². The zero-order valence-electron chi connectivity index (χ0n) is 10.8. The number of hydrogen-bond acceptors (Lipinski definition) is 3. The van der Waals surface area contributed by atoms with E-state index >= 15 is 0 Å². The van der Waals surface area contributed by atoms with Crippen LogP contribution in [0.3, 0.4) is 0 Å². The van der Waals surface area contributed by atoms with Crippen molar-refractivity contribution in [1.82, 2.24) is 9.21 Å². The molecular weight excluding hydrogens is 252 g/mol. The molecule has 0 spiro atoms. The van der Waals surface area contributed by atoms with Crippen LogP contribution in [0.25, 0.3) is 0 Å². The van der Waals surface area contributed by atoms with Crippen LogP contribution < -0.4 is 0 Å². The van der Waals surface area contributed by atoms with Crippen molar-refractivity contribution >= 4 is 15.9 Å². The summed E-state index contributed by atoms with van der Waals surface area (Å²) in [5.74, 6) is -0.239. The molecule has 0 atom stereocenters. The van der Waals surface area contributed by atoms with Gasteiger partial charge in [-0.3, -0.25) is 4.79 Å². The number of sulfonamides is 1. The molecule has 0 aromatic heterocycles. The highest BCUT2D eigenvalue weighted by Crippen LogP contribution is 2.08. The van der Waals surface area contributed by atoms with Gasteiger partial charge in [-0.2, -0.15) is 4.31 Å². The lowest BCUT2D eigenvalue weighted by Crippen LogP contribution is -2.39. The standard InChI is InChI=1S/C12H18N2O3S/c1-13(2)12(15)10-14(18(3,16)17)9-11-7-5-4-6-8-11/h4-8H,9-10H2,1-3H3. The Morgan fingerprint density at radius 2 is 1.72 bits per heavy atom. The van der Waals surface area contributed by atoms with E-state index in [9.17, 15) is 13.2 Å². The van der Waals surface area contributed by atoms with E-state index in [1.165, 1.54) is 9.21 Å². The summed E-state index contributed by atoms with van der Waals surface area (Å²) < 4.78 is 24.5. The van der Waals surface area contributed by atoms with Crippen molar-refractivity contribution in [1.29, 1.82) is 0 Å². The lowest BCUT2D eigenvalue weighted by molar-refractivity contribution is -0.128. The van der Waals surface area contributed by atoms with E-state index in [-0.39, 0.29) is 19.0 Å². The van der Waals surface area contributed by atoms with E-state index in [1.807, 2.05) is 30.3 Å². The molecule has 0 radical (unpaired) electrons. The Bertz CT molecular complexity index is 497. The van der Waals surface area contributed by atoms with Crippen LogP contribution in [0.4, 0.5) is 0 Å². The normalized spacial score (nSPS) is 11.6. The van der Waals surface area contributed by atoms with Gasteiger partial charge in [-0.25, -0.2) is 8.42 Å². The molecule has 0 aliphatic rings. The molecule has 1 amide bonds. The number of carbonyl (C=O) groups is 1. The van der Waals surface area contributed by atoms with Crippen LogP contribution in [-0.4, -0.2) is 50.4 Å². The highest BCUT2D eigenvalue weighted by Gasteiger charge is 2.21. The first-order valence-electron chi connectivity index (χ1n) is 5.50. The Morgan fingerprint density at radius 3 is 2.17 bits per heavy atom. The minimum absolute atomic E-state index is 0.138. The molecule has 0 bridgehead atoms. The van der Waals surface area contributed by atoms with Crippen molar-refractivity contribution in [2.45, 2.75) is 6.54 Å². The van der Waals surface area contributed by atoms with Gasteiger partial charge in [-0.1, -0.05) is 30.3 Å². The average Bonchev–Trinajstić information content (AvgIpc) is 2.28. The summed E-state index contributed by atoms with van der Waals surface area (Å²) in [4.78, 5) is 13.0. The number of nitrogens with zero attached hydrogens (tertiary/aromatic N) is 2. The molecule has 5 nitrogen and oxygen atoms in total. The molecule has 0 N–H and O–H groups in total. The summed E-state index contributed by atoms with van der Waals surface area (Å²) in [6.45, 7) is 0.0694. The van der Waals surface area contributed by atoms with Gasteiger partial charge in [0.25, 0.3) is 0 Å². The number of carbonyl (C=O) groups excluding carboxylic acids is 1. The molecule has 0 aliphatic heterocycles. The smallest absolute Gasteiger partial charge is 0.237 e. The Morgan fingerprint density at radius 1 is 1.17 bits per heavy atom. The third-order valence-corrected chi connectivity index (χ3v) is 3.68. The van der Waals surface area contributed by atoms with Crippen molar-refractivity contribution in [3.8, 4) is 0 Å². The highest BCUT2D eigenvalue weighted by molar-refractivity contribution is 7.88. The van der Waals surface area contributed by atoms with Gasteiger partial charge in [0.1, 0.15) is 0 Å². The summed E-state index contributed by atoms with van der Waals surface area (Å²) in [7, 11) is -0.201. The minimum atomic E-state index is -3.41. The molecule has 6 heteroatoms. The molecular formula is C12H18N2O3S. The third kappa shape index (κ3) is 4.46. The molecule has 0 saturated heterocycles. The van der Waals surface area contributed by atoms with Crippen LogP contribution >= 0.6 is 0 Å². The van der Waals surface area contributed by atoms with Gasteiger partial charge in [0.05, 0.1) is 12.8 Å². The molecule has 1 rings (SSSR count). The van der Waals surface area contributed by atoms with Crippen LogP contribution in [0.15, 0.2) is 30.3 Å². The average molecular weight is 270 g/mol. The maximum Gasteiger partial charge on any atom is 0.237 e. The molecule has 1 aromatic carbocycles. The predicted octanol–water partition coefficient (Wildman–Crippen LogP) is 0.536. The molecule has 0 unspecified atom stereocenters. The molecule has 0 saturated carbocycles. The van der Waals surface area contributed by atoms with E-state index in [0.29, 0.717) is 0 Å². The maximum absolute atomic E-state index is 11.6. The Hall–Kier alpha value is -1.40. The Labute approximate surface area is 108 Å². The number of hydrogen-bond donors (Lipinski definition) is 0. The maximum atomic E-state index is 11.6. The largest absolute Gasteiger partial charge is 0.348 e. The summed E-state index contributed by atoms with van der Waals surface area (Å²) >= 11 is 0. The van der Waals surface area contributed by atoms with Crippen molar-refractivity contribution in [2.75, 3.05) is 26.9 Å². The fraction of sp³-hybridized carbons (Fsp3) is 0.417. The number of rotatable bonds is 5. The minimum Gasteiger partial charge on any atom is -0.348 e. The fourth-order valence-electron chi connectivity index (χ4n) is 1.37. The van der Waals surface area contributed by atoms with Crippen molar-refractivity contribution in [3.05, 3.63) is 35.9 Å². The van der Waals surface area contributed by atoms with Crippen LogP contribution in [0.1, 0.15) is 5.56 Å². The topological polar surface area (TPSA) is 57.7 Å². The molecule has 0 fully saturated rings. The van der Waals surface area contributed by atoms with Crippen molar-refractivity contribution in [2.24, 2.45) is 0 Å². The third-order valence-electron chi connectivity index (χ3n) is 2.48. The van der Waals surface area contributed by atoms with E-state index in [0.717, 1.165) is 11.8 Å². The summed E-state index contributed by atoms with van der Waals surface area (Å²) in [6, 6.07) is 9.20. The molecule has 0 heterocycles. The van der Waals surface area contributed by atoms with Gasteiger partial charge in [0.2, 0.25) is 15.9 Å². The first-order valence-corrected chi connectivity index (χ1v) is 7.34. The second-order valence-corrected chi connectivity index (χ2v) is 6.29. The van der Waals surface area contributed by atoms with Gasteiger partial charge in [-0.05, 0) is 5.56 Å². The van der Waals surface area contributed by atoms with Gasteiger partial charge >= 0.3 is 0 Å². The quantitative estimate of drug-likeness (QED) is 0.784. The summed E-state index contributed by atoms with van der Waals surface area (Å²) in [6.07, 6.45) is 1.11. The van der Waals surface area contributed by atoms with Crippen LogP contribution in [0.5, 0.6) is 0 Å². The van der Waals surface area contributed by atoms with Crippen molar-refractivity contribution < 1.29 is 13.2 Å². The monoisotopic (exact) mass is 270 g/mol. The van der Waals surface area contributed by atoms with Crippen molar-refractivity contribution in [3.63, 3.8) is 0 Å². The summed E-state index contributed by atoms with van der Waals surface area (Å²) in [5.41, 5.74) is 0.856. The van der Waals surface area contributed by atoms with E-state index in [2.05, 4.69) is 0 Å². The van der Waals surface area contributed by atoms with Gasteiger partial charge < -0.3 is 4.90 Å². The van der Waals surface area contributed by atoms with Crippen LogP contribution in [0.2, 0.25) is 0 Å². The Balaban J connectivity index is 2.84. The first-order chi connectivity index (χ1) is 8.30. The molecule has 18 heavy (non-hydrogen) atoms. The molecule has 100 valence electrons. The zero-order valence-corrected chi connectivity index (χ0v) is 11.6. The zero-order chi connectivity index (χ0) is 13.8. The predicted molar refractivity (Wildman–Crippen MR) is 70.4 cm³/mol. The second-order valence-electron chi connectivity index (χ2n) is 4.30. The molecule has 0 aliphatic carbocycles. The lowest BCUT2D eigenvalue weighted by Gasteiger charge is -2.21. The number of amides is 1. The van der Waals surface area contributed by atoms with Gasteiger partial charge in [-0.15, -0.1) is 0 Å². The van der Waals surface area contributed by atoms with E-state index in [1.54, 1.807) is 14.1 Å². The van der Waals surface area contributed by atoms with E-state index < -0.39 is 10.0 Å². The lowest BCUT2D eigenvalue weighted by atomic mass is 10.2. The first kappa shape index (κ1) is 14.7. The highest BCUT2D eigenvalue weighted by atomic mass is 32.2. The van der Waals surface area contributed by atoms with Gasteiger partial charge in [0.15, 0.2) is 0 Å². The van der Waals surface area contributed by atoms with Gasteiger partial charge in [0, 0.05) is 20.6 Å². The SMILES string of the molecule is CN(C)C(=O)CN(Cc1ccccc1)S(C)(=O)=O. The van der Waals surface area contributed by atoms with E-state index in [4.69, 9.17) is 0 Å².